The lowest BCUT2D eigenvalue weighted by molar-refractivity contribution is -0.888. The van der Waals surface area contributed by atoms with Crippen LogP contribution >= 0.6 is 12.4 Å². The highest BCUT2D eigenvalue weighted by molar-refractivity contribution is 5.85. The Morgan fingerprint density at radius 2 is 1.22 bits per heavy atom. The van der Waals surface area contributed by atoms with Crippen LogP contribution in [-0.2, 0) is 0 Å². The summed E-state index contributed by atoms with van der Waals surface area (Å²) < 4.78 is 0. The van der Waals surface area contributed by atoms with Crippen LogP contribution in [0.2, 0.25) is 0 Å². The van der Waals surface area contributed by atoms with E-state index in [-0.39, 0.29) is 12.4 Å². The molecule has 0 spiro atoms. The summed E-state index contributed by atoms with van der Waals surface area (Å²) in [6.45, 7) is 13.3. The smallest absolute Gasteiger partial charge is 0.0957 e. The summed E-state index contributed by atoms with van der Waals surface area (Å²) in [5.41, 5.74) is 0. The van der Waals surface area contributed by atoms with Crippen molar-refractivity contribution in [3.8, 4) is 0 Å². The molecular weight excluding hydrogens is 242 g/mol. The van der Waals surface area contributed by atoms with E-state index in [1.54, 1.807) is 4.90 Å². The van der Waals surface area contributed by atoms with Crippen LogP contribution in [0, 0.1) is 0 Å². The zero-order valence-corrected chi connectivity index (χ0v) is 13.1. The van der Waals surface area contributed by atoms with Gasteiger partial charge in [0, 0.05) is 0 Å². The molecule has 0 aliphatic carbocycles. The average molecular weight is 275 g/mol. The van der Waals surface area contributed by atoms with Gasteiger partial charge in [-0.3, -0.25) is 0 Å². The third-order valence-corrected chi connectivity index (χ3v) is 3.25. The molecule has 0 bridgehead atoms. The van der Waals surface area contributed by atoms with Crippen LogP contribution in [0.4, 0.5) is 0 Å². The second-order valence-electron chi connectivity index (χ2n) is 4.96. The van der Waals surface area contributed by atoms with E-state index < -0.39 is 0 Å². The van der Waals surface area contributed by atoms with E-state index in [9.17, 15) is 0 Å². The first-order valence-corrected chi connectivity index (χ1v) is 7.40. The van der Waals surface area contributed by atoms with Gasteiger partial charge in [0.2, 0.25) is 0 Å². The van der Waals surface area contributed by atoms with Crippen molar-refractivity contribution in [3.63, 3.8) is 0 Å². The highest BCUT2D eigenvalue weighted by atomic mass is 35.5. The number of hydrogen-bond donors (Lipinski definition) is 1. The number of halogens is 1. The fourth-order valence-electron chi connectivity index (χ4n) is 2.20. The highest BCUT2D eigenvalue weighted by Gasteiger charge is 2.02. The lowest BCUT2D eigenvalue weighted by atomic mass is 10.1. The van der Waals surface area contributed by atoms with Gasteiger partial charge < -0.3 is 4.90 Å². The Kier molecular flexibility index (Phi) is 18.6. The van der Waals surface area contributed by atoms with Crippen molar-refractivity contribution in [2.45, 2.75) is 58.3 Å². The number of nitrogens with one attached hydrogen (secondary N) is 1. The highest BCUT2D eigenvalue weighted by Crippen LogP contribution is 2.07. The van der Waals surface area contributed by atoms with Gasteiger partial charge >= 0.3 is 0 Å². The normalized spacial score (nSPS) is 10.1. The molecule has 0 unspecified atom stereocenters. The van der Waals surface area contributed by atoms with Crippen LogP contribution < -0.4 is 4.90 Å². The summed E-state index contributed by atoms with van der Waals surface area (Å²) >= 11 is 0. The number of rotatable bonds is 13. The first kappa shape index (κ1) is 20.1. The van der Waals surface area contributed by atoms with Crippen LogP contribution in [0.5, 0.6) is 0 Å². The van der Waals surface area contributed by atoms with E-state index in [1.165, 1.54) is 57.9 Å². The summed E-state index contributed by atoms with van der Waals surface area (Å²) in [5.74, 6) is 0. The van der Waals surface area contributed by atoms with Crippen LogP contribution in [0.25, 0.3) is 0 Å². The van der Waals surface area contributed by atoms with E-state index in [0.717, 1.165) is 13.1 Å². The Hall–Kier alpha value is -0.270. The lowest BCUT2D eigenvalue weighted by Crippen LogP contribution is -3.11. The Labute approximate surface area is 121 Å². The van der Waals surface area contributed by atoms with Crippen LogP contribution in [0.1, 0.15) is 58.3 Å². The second-order valence-corrected chi connectivity index (χ2v) is 4.96. The molecule has 0 aliphatic heterocycles. The van der Waals surface area contributed by atoms with Crippen molar-refractivity contribution in [1.82, 2.24) is 0 Å². The predicted molar refractivity (Wildman–Crippen MR) is 85.8 cm³/mol. The number of hydrogen-bond acceptors (Lipinski definition) is 0. The maximum atomic E-state index is 3.81. The van der Waals surface area contributed by atoms with Gasteiger partial charge in [0.25, 0.3) is 0 Å². The zero-order chi connectivity index (χ0) is 12.8. The van der Waals surface area contributed by atoms with Gasteiger partial charge in [-0.2, -0.15) is 0 Å². The quantitative estimate of drug-likeness (QED) is 0.385. The van der Waals surface area contributed by atoms with Crippen molar-refractivity contribution in [3.05, 3.63) is 25.3 Å². The standard InChI is InChI=1S/C16H31N.ClH/c1-4-7-8-9-10-11-12-13-16-17(14-5-2)15-6-3;/h5-6H,2-4,7-16H2,1H3;1H/p+1. The van der Waals surface area contributed by atoms with Crippen LogP contribution in [0.3, 0.4) is 0 Å². The molecule has 0 atom stereocenters. The molecule has 18 heavy (non-hydrogen) atoms. The molecule has 1 nitrogen and oxygen atoms in total. The van der Waals surface area contributed by atoms with Crippen molar-refractivity contribution in [2.24, 2.45) is 0 Å². The molecule has 0 fully saturated rings. The monoisotopic (exact) mass is 274 g/mol. The van der Waals surface area contributed by atoms with E-state index in [1.807, 2.05) is 12.2 Å². The molecule has 0 heterocycles. The molecule has 1 N–H and O–H groups in total. The number of unbranched alkanes of at least 4 members (excludes halogenated alkanes) is 7. The molecule has 0 amide bonds. The van der Waals surface area contributed by atoms with Crippen molar-refractivity contribution in [2.75, 3.05) is 19.6 Å². The van der Waals surface area contributed by atoms with Crippen LogP contribution in [-0.4, -0.2) is 19.6 Å². The molecule has 0 rings (SSSR count). The second kappa shape index (κ2) is 16.7. The van der Waals surface area contributed by atoms with E-state index in [2.05, 4.69) is 20.1 Å². The molecular formula is C16H33ClN+. The minimum atomic E-state index is 0. The maximum absolute atomic E-state index is 3.81. The lowest BCUT2D eigenvalue weighted by Gasteiger charge is -2.15. The van der Waals surface area contributed by atoms with Gasteiger partial charge in [0.15, 0.2) is 0 Å². The van der Waals surface area contributed by atoms with E-state index in [4.69, 9.17) is 0 Å². The fourth-order valence-corrected chi connectivity index (χ4v) is 2.20. The molecule has 0 aromatic rings. The van der Waals surface area contributed by atoms with Crippen LogP contribution in [0.15, 0.2) is 25.3 Å². The Morgan fingerprint density at radius 1 is 0.778 bits per heavy atom. The first-order chi connectivity index (χ1) is 8.35. The zero-order valence-electron chi connectivity index (χ0n) is 12.3. The largest absolute Gasteiger partial charge is 0.328 e. The topological polar surface area (TPSA) is 4.44 Å². The van der Waals surface area contributed by atoms with Gasteiger partial charge in [-0.1, -0.05) is 58.6 Å². The Morgan fingerprint density at radius 3 is 1.67 bits per heavy atom. The summed E-state index contributed by atoms with van der Waals surface area (Å²) in [7, 11) is 0. The van der Waals surface area contributed by atoms with Crippen molar-refractivity contribution in [1.29, 1.82) is 0 Å². The summed E-state index contributed by atoms with van der Waals surface area (Å²) in [4.78, 5) is 1.60. The third kappa shape index (κ3) is 13.8. The van der Waals surface area contributed by atoms with Gasteiger partial charge in [0.1, 0.15) is 0 Å². The minimum Gasteiger partial charge on any atom is -0.328 e. The van der Waals surface area contributed by atoms with Crippen molar-refractivity contribution < 1.29 is 4.90 Å². The number of quaternary nitrogens is 1. The first-order valence-electron chi connectivity index (χ1n) is 7.40. The Bertz CT molecular complexity index is 170. The summed E-state index contributed by atoms with van der Waals surface area (Å²) in [5, 5.41) is 0. The molecule has 108 valence electrons. The SMILES string of the molecule is C=CC[NH+](CC=C)CCCCCCCCCC.Cl. The molecule has 0 saturated heterocycles. The third-order valence-electron chi connectivity index (χ3n) is 3.25. The van der Waals surface area contributed by atoms with E-state index >= 15 is 0 Å². The van der Waals surface area contributed by atoms with Gasteiger partial charge in [0.05, 0.1) is 19.6 Å². The van der Waals surface area contributed by atoms with E-state index in [0.29, 0.717) is 0 Å². The Balaban J connectivity index is 0. The molecule has 0 saturated carbocycles. The predicted octanol–water partition coefficient (Wildman–Crippen LogP) is 3.81. The molecule has 0 aromatic carbocycles. The summed E-state index contributed by atoms with van der Waals surface area (Å²) in [6.07, 6.45) is 15.3. The van der Waals surface area contributed by atoms with Crippen molar-refractivity contribution >= 4 is 12.4 Å². The fraction of sp³-hybridized carbons (Fsp3) is 0.750. The maximum Gasteiger partial charge on any atom is 0.0957 e. The molecule has 2 heteroatoms. The summed E-state index contributed by atoms with van der Waals surface area (Å²) in [6, 6.07) is 0. The van der Waals surface area contributed by atoms with Gasteiger partial charge in [-0.15, -0.1) is 12.4 Å². The molecule has 0 aromatic heterocycles. The molecule has 0 radical (unpaired) electrons. The molecule has 0 aliphatic rings. The van der Waals surface area contributed by atoms with Gasteiger partial charge in [-0.25, -0.2) is 0 Å². The van der Waals surface area contributed by atoms with Gasteiger partial charge in [-0.05, 0) is 25.0 Å². The average Bonchev–Trinajstić information content (AvgIpc) is 2.33. The minimum absolute atomic E-state index is 0.